The molecule has 1 unspecified atom stereocenters. The molecule has 1 atom stereocenters. The van der Waals surface area contributed by atoms with E-state index >= 15 is 0 Å². The molecule has 0 radical (unpaired) electrons. The molecule has 0 fully saturated rings. The van der Waals surface area contributed by atoms with Crippen LogP contribution in [0.2, 0.25) is 0 Å². The molecule has 0 saturated carbocycles. The molecule has 4 nitrogen and oxygen atoms in total. The summed E-state index contributed by atoms with van der Waals surface area (Å²) in [5.41, 5.74) is 0.394. The predicted molar refractivity (Wildman–Crippen MR) is 60.0 cm³/mol. The summed E-state index contributed by atoms with van der Waals surface area (Å²) < 4.78 is 41.0. The van der Waals surface area contributed by atoms with Crippen LogP contribution in [-0.4, -0.2) is 25.2 Å². The van der Waals surface area contributed by atoms with Gasteiger partial charge in [0.1, 0.15) is 0 Å². The quantitative estimate of drug-likeness (QED) is 0.855. The highest BCUT2D eigenvalue weighted by Crippen LogP contribution is 2.21. The smallest absolute Gasteiger partial charge is 0.469 e. The summed E-state index contributed by atoms with van der Waals surface area (Å²) in [6, 6.07) is 6.82. The monoisotopic (exact) mass is 275 g/mol. The fourth-order valence-electron chi connectivity index (χ4n) is 1.43. The van der Waals surface area contributed by atoms with Crippen molar-refractivity contribution in [2.24, 2.45) is 0 Å². The third-order valence-corrected chi connectivity index (χ3v) is 2.36. The zero-order valence-corrected chi connectivity index (χ0v) is 10.0. The summed E-state index contributed by atoms with van der Waals surface area (Å²) in [6.07, 6.45) is -5.37. The lowest BCUT2D eigenvalue weighted by molar-refractivity contribution is -0.174. The summed E-state index contributed by atoms with van der Waals surface area (Å²) in [5, 5.41) is 1.77. The molecular formula is C12H12F3NO3. The maximum Gasteiger partial charge on any atom is 0.471 e. The van der Waals surface area contributed by atoms with E-state index in [1.54, 1.807) is 23.5 Å². The number of alkyl halides is 3. The van der Waals surface area contributed by atoms with Crippen LogP contribution < -0.4 is 5.32 Å². The summed E-state index contributed by atoms with van der Waals surface area (Å²) in [4.78, 5) is 22.1. The summed E-state index contributed by atoms with van der Waals surface area (Å²) in [5.74, 6) is -2.80. The number of ether oxygens (including phenoxy) is 1. The van der Waals surface area contributed by atoms with Crippen LogP contribution in [0, 0.1) is 0 Å². The van der Waals surface area contributed by atoms with Gasteiger partial charge in [-0.1, -0.05) is 30.3 Å². The standard InChI is InChI=1S/C12H12F3NO3/c1-19-10(17)7-9(8-5-3-2-4-6-8)16-11(18)12(13,14)15/h2-6,9H,7H2,1H3,(H,16,18). The van der Waals surface area contributed by atoms with Crippen LogP contribution in [0.25, 0.3) is 0 Å². The number of halogens is 3. The van der Waals surface area contributed by atoms with E-state index in [1.807, 2.05) is 0 Å². The van der Waals surface area contributed by atoms with Crippen LogP contribution in [0.1, 0.15) is 18.0 Å². The fraction of sp³-hybridized carbons (Fsp3) is 0.333. The van der Waals surface area contributed by atoms with Crippen molar-refractivity contribution >= 4 is 11.9 Å². The van der Waals surface area contributed by atoms with Crippen LogP contribution in [0.3, 0.4) is 0 Å². The topological polar surface area (TPSA) is 55.4 Å². The van der Waals surface area contributed by atoms with Gasteiger partial charge < -0.3 is 10.1 Å². The third kappa shape index (κ3) is 4.61. The van der Waals surface area contributed by atoms with Crippen LogP contribution in [0.5, 0.6) is 0 Å². The summed E-state index contributed by atoms with van der Waals surface area (Å²) in [7, 11) is 1.12. The molecule has 0 bridgehead atoms. The summed E-state index contributed by atoms with van der Waals surface area (Å²) in [6.45, 7) is 0. The number of benzene rings is 1. The highest BCUT2D eigenvalue weighted by Gasteiger charge is 2.40. The molecule has 0 aliphatic carbocycles. The first kappa shape index (κ1) is 15.0. The van der Waals surface area contributed by atoms with Gasteiger partial charge in [-0.15, -0.1) is 0 Å². The molecule has 104 valence electrons. The van der Waals surface area contributed by atoms with E-state index in [2.05, 4.69) is 4.74 Å². The lowest BCUT2D eigenvalue weighted by Crippen LogP contribution is -2.39. The molecule has 7 heteroatoms. The maximum absolute atomic E-state index is 12.2. The van der Waals surface area contributed by atoms with Gasteiger partial charge in [0.15, 0.2) is 0 Å². The first-order valence-corrected chi connectivity index (χ1v) is 5.34. The Morgan fingerprint density at radius 2 is 1.84 bits per heavy atom. The van der Waals surface area contributed by atoms with Gasteiger partial charge in [-0.2, -0.15) is 13.2 Å². The van der Waals surface area contributed by atoms with E-state index in [4.69, 9.17) is 0 Å². The fourth-order valence-corrected chi connectivity index (χ4v) is 1.43. The lowest BCUT2D eigenvalue weighted by atomic mass is 10.0. The predicted octanol–water partition coefficient (Wildman–Crippen LogP) is 1.97. The number of hydrogen-bond acceptors (Lipinski definition) is 3. The minimum Gasteiger partial charge on any atom is -0.469 e. The first-order chi connectivity index (χ1) is 8.84. The molecule has 19 heavy (non-hydrogen) atoms. The Labute approximate surface area is 107 Å². The largest absolute Gasteiger partial charge is 0.471 e. The Morgan fingerprint density at radius 3 is 2.32 bits per heavy atom. The van der Waals surface area contributed by atoms with Crippen molar-refractivity contribution in [3.63, 3.8) is 0 Å². The molecule has 1 amide bonds. The van der Waals surface area contributed by atoms with Gasteiger partial charge in [-0.25, -0.2) is 0 Å². The van der Waals surface area contributed by atoms with Crippen LogP contribution in [0.15, 0.2) is 30.3 Å². The Bertz CT molecular complexity index is 445. The van der Waals surface area contributed by atoms with Crippen LogP contribution in [0.4, 0.5) is 13.2 Å². The molecule has 1 N–H and O–H groups in total. The highest BCUT2D eigenvalue weighted by atomic mass is 19.4. The minimum atomic E-state index is -5.00. The SMILES string of the molecule is COC(=O)CC(NC(=O)C(F)(F)F)c1ccccc1. The van der Waals surface area contributed by atoms with Gasteiger partial charge in [0.25, 0.3) is 0 Å². The van der Waals surface area contributed by atoms with E-state index in [-0.39, 0.29) is 6.42 Å². The van der Waals surface area contributed by atoms with Crippen molar-refractivity contribution < 1.29 is 27.5 Å². The Hall–Kier alpha value is -2.05. The van der Waals surface area contributed by atoms with Crippen molar-refractivity contribution in [2.45, 2.75) is 18.6 Å². The number of nitrogens with one attached hydrogen (secondary N) is 1. The molecule has 0 aromatic heterocycles. The van der Waals surface area contributed by atoms with Gasteiger partial charge >= 0.3 is 18.1 Å². The maximum atomic E-state index is 12.2. The molecular weight excluding hydrogens is 263 g/mol. The van der Waals surface area contributed by atoms with Crippen molar-refractivity contribution in [1.29, 1.82) is 0 Å². The number of methoxy groups -OCH3 is 1. The van der Waals surface area contributed by atoms with E-state index in [0.717, 1.165) is 7.11 Å². The van der Waals surface area contributed by atoms with Gasteiger partial charge in [-0.3, -0.25) is 9.59 Å². The van der Waals surface area contributed by atoms with Crippen molar-refractivity contribution in [3.8, 4) is 0 Å². The first-order valence-electron chi connectivity index (χ1n) is 5.34. The number of carbonyl (C=O) groups is 2. The van der Waals surface area contributed by atoms with Gasteiger partial charge in [0, 0.05) is 0 Å². The third-order valence-electron chi connectivity index (χ3n) is 2.36. The van der Waals surface area contributed by atoms with E-state index in [1.165, 1.54) is 12.1 Å². The van der Waals surface area contributed by atoms with E-state index in [0.29, 0.717) is 5.56 Å². The Kier molecular flexibility index (Phi) is 4.91. The number of hydrogen-bond donors (Lipinski definition) is 1. The average Bonchev–Trinajstić information content (AvgIpc) is 2.37. The average molecular weight is 275 g/mol. The van der Waals surface area contributed by atoms with E-state index < -0.39 is 24.1 Å². The van der Waals surface area contributed by atoms with Gasteiger partial charge in [-0.05, 0) is 5.56 Å². The number of esters is 1. The highest BCUT2D eigenvalue weighted by molar-refractivity contribution is 5.82. The zero-order valence-electron chi connectivity index (χ0n) is 10.0. The minimum absolute atomic E-state index is 0.373. The number of amides is 1. The lowest BCUT2D eigenvalue weighted by Gasteiger charge is -2.19. The molecule has 1 aromatic rings. The van der Waals surface area contributed by atoms with Gasteiger partial charge in [0.05, 0.1) is 19.6 Å². The Morgan fingerprint density at radius 1 is 1.26 bits per heavy atom. The molecule has 1 aromatic carbocycles. The molecule has 0 spiro atoms. The molecule has 0 aliphatic heterocycles. The van der Waals surface area contributed by atoms with Crippen molar-refractivity contribution in [1.82, 2.24) is 5.32 Å². The Balaban J connectivity index is 2.88. The second kappa shape index (κ2) is 6.21. The number of carbonyl (C=O) groups excluding carboxylic acids is 2. The van der Waals surface area contributed by atoms with E-state index in [9.17, 15) is 22.8 Å². The molecule has 1 rings (SSSR count). The van der Waals surface area contributed by atoms with Crippen LogP contribution in [-0.2, 0) is 14.3 Å². The molecule has 0 heterocycles. The molecule has 0 aliphatic rings. The van der Waals surface area contributed by atoms with Crippen LogP contribution >= 0.6 is 0 Å². The molecule has 0 saturated heterocycles. The second-order valence-electron chi connectivity index (χ2n) is 3.71. The zero-order chi connectivity index (χ0) is 14.5. The van der Waals surface area contributed by atoms with Gasteiger partial charge in [0.2, 0.25) is 0 Å². The number of rotatable bonds is 4. The summed E-state index contributed by atoms with van der Waals surface area (Å²) >= 11 is 0. The van der Waals surface area contributed by atoms with Crippen molar-refractivity contribution in [2.75, 3.05) is 7.11 Å². The normalized spacial score (nSPS) is 12.6. The van der Waals surface area contributed by atoms with Crippen molar-refractivity contribution in [3.05, 3.63) is 35.9 Å². The second-order valence-corrected chi connectivity index (χ2v) is 3.71.